The van der Waals surface area contributed by atoms with Gasteiger partial charge in [-0.3, -0.25) is 0 Å². The smallest absolute Gasteiger partial charge is 0.166 e. The summed E-state index contributed by atoms with van der Waals surface area (Å²) in [6.07, 6.45) is 5.23. The van der Waals surface area contributed by atoms with Gasteiger partial charge >= 0.3 is 0 Å². The van der Waals surface area contributed by atoms with E-state index in [9.17, 15) is 0 Å². The highest BCUT2D eigenvalue weighted by Crippen LogP contribution is 2.36. The molecule has 0 aromatic carbocycles. The summed E-state index contributed by atoms with van der Waals surface area (Å²) in [4.78, 5) is 2.23. The molecule has 0 unspecified atom stereocenters. The average molecular weight is 156 g/mol. The predicted molar refractivity (Wildman–Crippen MR) is 44.7 cm³/mol. The van der Waals surface area contributed by atoms with E-state index in [2.05, 4.69) is 4.90 Å². The minimum Gasteiger partial charge on any atom is -0.376 e. The molecule has 2 bridgehead atoms. The largest absolute Gasteiger partial charge is 0.376 e. The van der Waals surface area contributed by atoms with E-state index in [0.717, 1.165) is 0 Å². The SMILES string of the molecule is NC(=S)N1C2CCC1CC2. The fraction of sp³-hybridized carbons (Fsp3) is 0.857. The van der Waals surface area contributed by atoms with Crippen molar-refractivity contribution >= 4 is 17.3 Å². The lowest BCUT2D eigenvalue weighted by Crippen LogP contribution is -2.38. The molecule has 0 aromatic rings. The lowest BCUT2D eigenvalue weighted by molar-refractivity contribution is 0.403. The molecule has 3 heteroatoms. The van der Waals surface area contributed by atoms with Crippen LogP contribution in [-0.2, 0) is 0 Å². The molecular weight excluding hydrogens is 144 g/mol. The van der Waals surface area contributed by atoms with E-state index in [1.807, 2.05) is 0 Å². The van der Waals surface area contributed by atoms with Crippen LogP contribution in [0.25, 0.3) is 0 Å². The zero-order valence-electron chi connectivity index (χ0n) is 5.92. The second-order valence-electron chi connectivity index (χ2n) is 3.21. The third kappa shape index (κ3) is 0.732. The summed E-state index contributed by atoms with van der Waals surface area (Å²) in [5, 5.41) is 0.616. The summed E-state index contributed by atoms with van der Waals surface area (Å²) >= 11 is 4.95. The number of thiocarbonyl (C=S) groups is 1. The molecular formula is C7H12N2S. The first-order chi connectivity index (χ1) is 4.79. The van der Waals surface area contributed by atoms with E-state index >= 15 is 0 Å². The van der Waals surface area contributed by atoms with Crippen molar-refractivity contribution in [1.82, 2.24) is 4.90 Å². The van der Waals surface area contributed by atoms with Gasteiger partial charge in [0.25, 0.3) is 0 Å². The first-order valence-electron chi connectivity index (χ1n) is 3.87. The Labute approximate surface area is 66.4 Å². The van der Waals surface area contributed by atoms with Gasteiger partial charge in [0, 0.05) is 12.1 Å². The van der Waals surface area contributed by atoms with E-state index in [1.54, 1.807) is 0 Å². The van der Waals surface area contributed by atoms with Gasteiger partial charge < -0.3 is 10.6 Å². The number of hydrogen-bond acceptors (Lipinski definition) is 1. The van der Waals surface area contributed by atoms with Crippen molar-refractivity contribution in [3.8, 4) is 0 Å². The maximum atomic E-state index is 5.58. The molecule has 2 rings (SSSR count). The molecule has 0 aliphatic carbocycles. The Morgan fingerprint density at radius 1 is 1.20 bits per heavy atom. The summed E-state index contributed by atoms with van der Waals surface area (Å²) in [6.45, 7) is 0. The van der Waals surface area contributed by atoms with Gasteiger partial charge in [-0.2, -0.15) is 0 Å². The monoisotopic (exact) mass is 156 g/mol. The summed E-state index contributed by atoms with van der Waals surface area (Å²) in [5.41, 5.74) is 5.58. The summed E-state index contributed by atoms with van der Waals surface area (Å²) in [5.74, 6) is 0. The van der Waals surface area contributed by atoms with Gasteiger partial charge in [0.1, 0.15) is 0 Å². The van der Waals surface area contributed by atoms with Gasteiger partial charge in [-0.15, -0.1) is 0 Å². The van der Waals surface area contributed by atoms with Crippen LogP contribution in [0.4, 0.5) is 0 Å². The van der Waals surface area contributed by atoms with Crippen LogP contribution in [0.5, 0.6) is 0 Å². The van der Waals surface area contributed by atoms with Crippen molar-refractivity contribution in [3.63, 3.8) is 0 Å². The first kappa shape index (κ1) is 6.40. The fourth-order valence-corrected chi connectivity index (χ4v) is 2.57. The normalized spacial score (nSPS) is 37.0. The molecule has 0 atom stereocenters. The molecule has 0 radical (unpaired) electrons. The topological polar surface area (TPSA) is 29.3 Å². The highest BCUT2D eigenvalue weighted by Gasteiger charge is 2.39. The van der Waals surface area contributed by atoms with Crippen molar-refractivity contribution in [2.45, 2.75) is 37.8 Å². The van der Waals surface area contributed by atoms with Crippen molar-refractivity contribution in [2.75, 3.05) is 0 Å². The molecule has 0 aromatic heterocycles. The van der Waals surface area contributed by atoms with Crippen LogP contribution in [0.1, 0.15) is 25.7 Å². The Morgan fingerprint density at radius 3 is 1.80 bits per heavy atom. The molecule has 2 aliphatic rings. The average Bonchev–Trinajstić information content (AvgIpc) is 2.43. The number of rotatable bonds is 0. The van der Waals surface area contributed by atoms with E-state index < -0.39 is 0 Å². The summed E-state index contributed by atoms with van der Waals surface area (Å²) in [6, 6.07) is 1.39. The Hall–Kier alpha value is -0.310. The van der Waals surface area contributed by atoms with E-state index in [4.69, 9.17) is 18.0 Å². The summed E-state index contributed by atoms with van der Waals surface area (Å²) < 4.78 is 0. The van der Waals surface area contributed by atoms with Crippen LogP contribution in [0, 0.1) is 0 Å². The van der Waals surface area contributed by atoms with Gasteiger partial charge in [-0.1, -0.05) is 0 Å². The van der Waals surface area contributed by atoms with Crippen LogP contribution in [0.3, 0.4) is 0 Å². The van der Waals surface area contributed by atoms with Gasteiger partial charge in [-0.25, -0.2) is 0 Å². The van der Waals surface area contributed by atoms with Crippen LogP contribution in [0.2, 0.25) is 0 Å². The fourth-order valence-electron chi connectivity index (χ4n) is 2.27. The maximum absolute atomic E-state index is 5.58. The molecule has 0 saturated carbocycles. The molecule has 0 spiro atoms. The van der Waals surface area contributed by atoms with Crippen LogP contribution < -0.4 is 5.73 Å². The van der Waals surface area contributed by atoms with Crippen molar-refractivity contribution in [2.24, 2.45) is 5.73 Å². The highest BCUT2D eigenvalue weighted by molar-refractivity contribution is 7.80. The second kappa shape index (κ2) is 2.09. The number of nitrogens with two attached hydrogens (primary N) is 1. The minimum atomic E-state index is 0.616. The molecule has 0 amide bonds. The van der Waals surface area contributed by atoms with Gasteiger partial charge in [-0.05, 0) is 37.9 Å². The van der Waals surface area contributed by atoms with Crippen LogP contribution in [-0.4, -0.2) is 22.1 Å². The van der Waals surface area contributed by atoms with Gasteiger partial charge in [0.05, 0.1) is 0 Å². The lowest BCUT2D eigenvalue weighted by atomic mass is 10.0. The van der Waals surface area contributed by atoms with E-state index in [0.29, 0.717) is 17.2 Å². The molecule has 2 nitrogen and oxygen atoms in total. The Kier molecular flexibility index (Phi) is 1.34. The van der Waals surface area contributed by atoms with Crippen molar-refractivity contribution < 1.29 is 0 Å². The molecule has 10 heavy (non-hydrogen) atoms. The number of nitrogens with zero attached hydrogens (tertiary/aromatic N) is 1. The standard InChI is InChI=1S/C7H12N2S/c8-7(10)9-5-1-2-6(9)4-3-5/h5-6H,1-4H2,(H2,8,10). The Morgan fingerprint density at radius 2 is 1.60 bits per heavy atom. The third-order valence-corrected chi connectivity index (χ3v) is 2.92. The first-order valence-corrected chi connectivity index (χ1v) is 4.27. The van der Waals surface area contributed by atoms with E-state index in [1.165, 1.54) is 25.7 Å². The maximum Gasteiger partial charge on any atom is 0.166 e. The van der Waals surface area contributed by atoms with Gasteiger partial charge in [0.15, 0.2) is 5.11 Å². The molecule has 2 N–H and O–H groups in total. The molecule has 2 aliphatic heterocycles. The number of fused-ring (bicyclic) bond motifs is 2. The quantitative estimate of drug-likeness (QED) is 0.527. The molecule has 2 heterocycles. The van der Waals surface area contributed by atoms with Crippen LogP contribution >= 0.6 is 12.2 Å². The third-order valence-electron chi connectivity index (χ3n) is 2.71. The Balaban J connectivity index is 2.16. The summed E-state index contributed by atoms with van der Waals surface area (Å²) in [7, 11) is 0. The van der Waals surface area contributed by atoms with E-state index in [-0.39, 0.29) is 0 Å². The lowest BCUT2D eigenvalue weighted by Gasteiger charge is -2.21. The molecule has 2 saturated heterocycles. The zero-order valence-corrected chi connectivity index (χ0v) is 6.73. The molecule has 2 fully saturated rings. The number of hydrogen-bond donors (Lipinski definition) is 1. The minimum absolute atomic E-state index is 0.616. The second-order valence-corrected chi connectivity index (χ2v) is 3.63. The highest BCUT2D eigenvalue weighted by atomic mass is 32.1. The predicted octanol–water partition coefficient (Wildman–Crippen LogP) is 0.857. The zero-order chi connectivity index (χ0) is 7.14. The Bertz CT molecular complexity index is 149. The van der Waals surface area contributed by atoms with Crippen molar-refractivity contribution in [1.29, 1.82) is 0 Å². The van der Waals surface area contributed by atoms with Crippen LogP contribution in [0.15, 0.2) is 0 Å². The molecule has 56 valence electrons. The van der Waals surface area contributed by atoms with Crippen molar-refractivity contribution in [3.05, 3.63) is 0 Å². The van der Waals surface area contributed by atoms with Gasteiger partial charge in [0.2, 0.25) is 0 Å².